The standard InChI is InChI=1S/C54H70N4O/c1-38-26-35-52(40(3)56-38)58-41(4)48-24-19-22-46(53(48)42(58)5)21-16-14-12-10-8-6-7-9-11-13-15-20-43-27-33-47(34-28-43)57-54(59)39(2)44-29-31-45(32-30-44)49-36-37-55-51-25-18-17-23-50(49)51/h17,19,22-24,27-28,33-34,36-37,39,44-45,52,56H,1,3-16,18,20-21,25-26,29-32,35H2,2H3,(H,57,59). The van der Waals surface area contributed by atoms with Gasteiger partial charge in [0.05, 0.1) is 6.04 Å². The van der Waals surface area contributed by atoms with Crippen LogP contribution in [0.3, 0.4) is 0 Å². The minimum atomic E-state index is 0.0248. The SMILES string of the molecule is C=C1CCC(n2c(=C)c3cccc(CCCCCCCCCCCCCc4ccc(NC(=O)C(C)C5CCC(c6ccnc7c6C=CCC7)CC5)cc4)c3c2=C)C(=C)N1. The maximum Gasteiger partial charge on any atom is 0.227 e. The molecule has 7 rings (SSSR count). The Morgan fingerprint density at radius 1 is 0.797 bits per heavy atom. The summed E-state index contributed by atoms with van der Waals surface area (Å²) in [6.07, 6.45) is 31.8. The molecule has 4 aromatic rings. The van der Waals surface area contributed by atoms with Crippen molar-refractivity contribution in [2.75, 3.05) is 5.32 Å². The van der Waals surface area contributed by atoms with E-state index in [2.05, 4.69) is 114 Å². The second-order valence-electron chi connectivity index (χ2n) is 18.1. The molecule has 2 aromatic carbocycles. The van der Waals surface area contributed by atoms with Crippen molar-refractivity contribution < 1.29 is 4.79 Å². The Morgan fingerprint density at radius 2 is 1.47 bits per heavy atom. The van der Waals surface area contributed by atoms with E-state index in [9.17, 15) is 4.79 Å². The summed E-state index contributed by atoms with van der Waals surface area (Å²) < 4.78 is 2.30. The zero-order valence-corrected chi connectivity index (χ0v) is 36.1. The predicted molar refractivity (Wildman–Crippen MR) is 251 cm³/mol. The Kier molecular flexibility index (Phi) is 14.8. The summed E-state index contributed by atoms with van der Waals surface area (Å²) in [5.41, 5.74) is 9.82. The molecule has 5 nitrogen and oxygen atoms in total. The molecule has 2 N–H and O–H groups in total. The van der Waals surface area contributed by atoms with E-state index in [-0.39, 0.29) is 17.9 Å². The fraction of sp³-hybridized carbons (Fsp3) is 0.481. The zero-order valence-electron chi connectivity index (χ0n) is 36.1. The molecule has 0 radical (unpaired) electrons. The first kappa shape index (κ1) is 42.5. The van der Waals surface area contributed by atoms with Gasteiger partial charge in [0.25, 0.3) is 0 Å². The van der Waals surface area contributed by atoms with Gasteiger partial charge in [-0.25, -0.2) is 0 Å². The third-order valence-electron chi connectivity index (χ3n) is 14.0. The molecule has 2 aromatic heterocycles. The highest BCUT2D eigenvalue weighted by Crippen LogP contribution is 2.41. The third kappa shape index (κ3) is 10.6. The molecule has 5 heteroatoms. The molecule has 3 heterocycles. The molecule has 1 amide bonds. The molecule has 3 aliphatic rings. The summed E-state index contributed by atoms with van der Waals surface area (Å²) in [6, 6.07) is 17.7. The largest absolute Gasteiger partial charge is 0.362 e. The molecule has 0 spiro atoms. The number of nitrogens with zero attached hydrogens (tertiary/aromatic N) is 2. The quantitative estimate of drug-likeness (QED) is 0.0930. The highest BCUT2D eigenvalue weighted by atomic mass is 16.1. The maximum absolute atomic E-state index is 13.3. The van der Waals surface area contributed by atoms with Crippen LogP contribution in [-0.2, 0) is 24.1 Å². The highest BCUT2D eigenvalue weighted by Gasteiger charge is 2.31. The van der Waals surface area contributed by atoms with Gasteiger partial charge in [0.15, 0.2) is 0 Å². The lowest BCUT2D eigenvalue weighted by Gasteiger charge is -2.33. The van der Waals surface area contributed by atoms with Gasteiger partial charge in [-0.05, 0) is 129 Å². The van der Waals surface area contributed by atoms with Crippen LogP contribution in [0.5, 0.6) is 0 Å². The molecule has 1 aliphatic heterocycles. The predicted octanol–water partition coefficient (Wildman–Crippen LogP) is 12.4. The van der Waals surface area contributed by atoms with Crippen molar-refractivity contribution in [3.8, 4) is 0 Å². The van der Waals surface area contributed by atoms with Crippen LogP contribution in [0.1, 0.15) is 162 Å². The van der Waals surface area contributed by atoms with E-state index in [0.717, 1.165) is 92.0 Å². The molecule has 2 atom stereocenters. The molecular formula is C54H70N4O. The van der Waals surface area contributed by atoms with Gasteiger partial charge in [-0.1, -0.05) is 134 Å². The molecule has 312 valence electrons. The second kappa shape index (κ2) is 20.6. The summed E-state index contributed by atoms with van der Waals surface area (Å²) in [5, 5.41) is 11.2. The smallest absolute Gasteiger partial charge is 0.227 e. The van der Waals surface area contributed by atoms with Gasteiger partial charge in [0.2, 0.25) is 5.91 Å². The Hall–Kier alpha value is -4.64. The van der Waals surface area contributed by atoms with Crippen LogP contribution in [-0.4, -0.2) is 15.5 Å². The molecule has 1 saturated carbocycles. The molecule has 2 unspecified atom stereocenters. The van der Waals surface area contributed by atoms with E-state index in [4.69, 9.17) is 0 Å². The summed E-state index contributed by atoms with van der Waals surface area (Å²) in [6.45, 7) is 19.5. The van der Waals surface area contributed by atoms with Crippen LogP contribution in [0.15, 0.2) is 85.4 Å². The van der Waals surface area contributed by atoms with Gasteiger partial charge in [-0.3, -0.25) is 9.78 Å². The van der Waals surface area contributed by atoms with Gasteiger partial charge in [-0.2, -0.15) is 0 Å². The number of unbranched alkanes of at least 4 members (excludes halogenated alkanes) is 10. The van der Waals surface area contributed by atoms with Crippen molar-refractivity contribution in [2.45, 2.75) is 154 Å². The number of aromatic nitrogens is 2. The fourth-order valence-electron chi connectivity index (χ4n) is 10.4. The van der Waals surface area contributed by atoms with Gasteiger partial charge < -0.3 is 15.2 Å². The molecule has 2 aliphatic carbocycles. The lowest BCUT2D eigenvalue weighted by Crippen LogP contribution is -2.36. The number of rotatable bonds is 19. The van der Waals surface area contributed by atoms with E-state index < -0.39 is 0 Å². The number of benzene rings is 2. The number of amides is 1. The number of carbonyl (C=O) groups is 1. The fourth-order valence-corrected chi connectivity index (χ4v) is 10.4. The van der Waals surface area contributed by atoms with Crippen LogP contribution in [0.2, 0.25) is 0 Å². The summed E-state index contributed by atoms with van der Waals surface area (Å²) in [5.74, 6) is 1.21. The number of hydrogen-bond donors (Lipinski definition) is 2. The average molecular weight is 791 g/mol. The van der Waals surface area contributed by atoms with E-state index in [1.165, 1.54) is 109 Å². The van der Waals surface area contributed by atoms with Crippen molar-refractivity contribution in [3.05, 3.63) is 124 Å². The molecular weight excluding hydrogens is 721 g/mol. The number of nitrogens with one attached hydrogen (secondary N) is 2. The van der Waals surface area contributed by atoms with E-state index in [1.54, 1.807) is 0 Å². The van der Waals surface area contributed by atoms with Crippen LogP contribution in [0, 0.1) is 11.8 Å². The molecule has 2 fully saturated rings. The van der Waals surface area contributed by atoms with Crippen molar-refractivity contribution in [2.24, 2.45) is 11.8 Å². The van der Waals surface area contributed by atoms with Gasteiger partial charge in [0, 0.05) is 56.4 Å². The number of fused-ring (bicyclic) bond motifs is 2. The highest BCUT2D eigenvalue weighted by molar-refractivity contribution is 5.92. The minimum absolute atomic E-state index is 0.0248. The Morgan fingerprint density at radius 3 is 2.17 bits per heavy atom. The molecule has 59 heavy (non-hydrogen) atoms. The van der Waals surface area contributed by atoms with Gasteiger partial charge in [-0.15, -0.1) is 0 Å². The topological polar surface area (TPSA) is 59.0 Å². The average Bonchev–Trinajstić information content (AvgIpc) is 3.51. The maximum atomic E-state index is 13.3. The Balaban J connectivity index is 0.718. The molecule has 0 bridgehead atoms. The van der Waals surface area contributed by atoms with Crippen LogP contribution >= 0.6 is 0 Å². The van der Waals surface area contributed by atoms with Crippen molar-refractivity contribution >= 4 is 41.6 Å². The van der Waals surface area contributed by atoms with Crippen molar-refractivity contribution in [1.29, 1.82) is 0 Å². The lowest BCUT2D eigenvalue weighted by atomic mass is 9.73. The summed E-state index contributed by atoms with van der Waals surface area (Å²) >= 11 is 0. The normalized spacial score (nSPS) is 19.7. The van der Waals surface area contributed by atoms with Crippen molar-refractivity contribution in [1.82, 2.24) is 14.9 Å². The monoisotopic (exact) mass is 791 g/mol. The third-order valence-corrected chi connectivity index (χ3v) is 14.0. The Labute approximate surface area is 354 Å². The molecule has 1 saturated heterocycles. The second-order valence-corrected chi connectivity index (χ2v) is 18.1. The number of anilines is 1. The van der Waals surface area contributed by atoms with Gasteiger partial charge in [0.1, 0.15) is 0 Å². The minimum Gasteiger partial charge on any atom is -0.362 e. The van der Waals surface area contributed by atoms with Crippen LogP contribution < -0.4 is 21.3 Å². The first-order chi connectivity index (χ1) is 28.8. The number of allylic oxidation sites excluding steroid dienone is 3. The first-order valence-corrected chi connectivity index (χ1v) is 23.3. The van der Waals surface area contributed by atoms with E-state index in [1.807, 2.05) is 6.20 Å². The van der Waals surface area contributed by atoms with Gasteiger partial charge >= 0.3 is 0 Å². The van der Waals surface area contributed by atoms with Crippen LogP contribution in [0.25, 0.3) is 30.0 Å². The van der Waals surface area contributed by atoms with Crippen LogP contribution in [0.4, 0.5) is 5.69 Å². The number of carbonyl (C=O) groups excluding carboxylic acids is 1. The van der Waals surface area contributed by atoms with Crippen molar-refractivity contribution in [3.63, 3.8) is 0 Å². The summed E-state index contributed by atoms with van der Waals surface area (Å²) in [7, 11) is 0. The number of hydrogen-bond acceptors (Lipinski definition) is 3. The number of pyridine rings is 1. The van der Waals surface area contributed by atoms with E-state index in [0.29, 0.717) is 11.8 Å². The first-order valence-electron chi connectivity index (χ1n) is 23.3. The number of aryl methyl sites for hydroxylation is 3. The zero-order chi connectivity index (χ0) is 41.1. The summed E-state index contributed by atoms with van der Waals surface area (Å²) in [4.78, 5) is 17.9. The number of piperidine rings is 1. The van der Waals surface area contributed by atoms with E-state index >= 15 is 0 Å². The lowest BCUT2D eigenvalue weighted by molar-refractivity contribution is -0.121. The Bertz CT molecular complexity index is 2200.